The summed E-state index contributed by atoms with van der Waals surface area (Å²) in [5, 5.41) is 0. The summed E-state index contributed by atoms with van der Waals surface area (Å²) in [6.45, 7) is 3.39. The van der Waals surface area contributed by atoms with Gasteiger partial charge in [0.1, 0.15) is 6.10 Å². The minimum atomic E-state index is -1.49. The van der Waals surface area contributed by atoms with Gasteiger partial charge in [-0.25, -0.2) is 13.2 Å². The summed E-state index contributed by atoms with van der Waals surface area (Å²) in [5.74, 6) is -3.99. The number of hydrogen-bond donors (Lipinski definition) is 0. The second-order valence-electron chi connectivity index (χ2n) is 6.06. The molecule has 0 N–H and O–H groups in total. The molecule has 1 fully saturated rings. The Kier molecular flexibility index (Phi) is 8.08. The van der Waals surface area contributed by atoms with Crippen LogP contribution in [0.4, 0.5) is 13.2 Å². The van der Waals surface area contributed by atoms with Crippen LogP contribution in [0.3, 0.4) is 0 Å². The number of halogens is 3. The van der Waals surface area contributed by atoms with Gasteiger partial charge in [0.2, 0.25) is 0 Å². The Balaban J connectivity index is 1.66. The molecule has 0 radical (unpaired) electrons. The summed E-state index contributed by atoms with van der Waals surface area (Å²) in [6.07, 6.45) is 6.94. The number of hydrogen-bond acceptors (Lipinski definition) is 3. The van der Waals surface area contributed by atoms with E-state index in [0.29, 0.717) is 6.61 Å². The highest BCUT2D eigenvalue weighted by molar-refractivity contribution is 6.61. The van der Waals surface area contributed by atoms with Crippen LogP contribution in [0, 0.1) is 17.5 Å². The average molecular weight is 344 g/mol. The van der Waals surface area contributed by atoms with Crippen LogP contribution in [0.25, 0.3) is 0 Å². The van der Waals surface area contributed by atoms with Crippen LogP contribution in [0.2, 0.25) is 0 Å². The molecule has 0 unspecified atom stereocenters. The van der Waals surface area contributed by atoms with E-state index in [4.69, 9.17) is 14.0 Å². The Labute approximate surface area is 141 Å². The Hall–Kier alpha value is -1.05. The SMILES string of the molecule is CCCCCCCCOC1COB(c2cc(F)c(F)c(F)c2)OC1. The van der Waals surface area contributed by atoms with E-state index in [1.807, 2.05) is 0 Å². The third kappa shape index (κ3) is 5.79. The average Bonchev–Trinajstić information content (AvgIpc) is 2.59. The molecular formula is C17H24BF3O3. The lowest BCUT2D eigenvalue weighted by molar-refractivity contribution is -0.0432. The summed E-state index contributed by atoms with van der Waals surface area (Å²) in [7, 11) is -0.900. The van der Waals surface area contributed by atoms with Crippen molar-refractivity contribution in [2.75, 3.05) is 19.8 Å². The normalized spacial score (nSPS) is 15.9. The molecule has 0 bridgehead atoms. The first-order valence-electron chi connectivity index (χ1n) is 8.61. The van der Waals surface area contributed by atoms with Gasteiger partial charge >= 0.3 is 7.12 Å². The zero-order valence-electron chi connectivity index (χ0n) is 14.0. The van der Waals surface area contributed by atoms with Crippen molar-refractivity contribution >= 4 is 12.6 Å². The molecule has 2 rings (SSSR count). The first kappa shape index (κ1) is 19.3. The molecule has 1 aromatic carbocycles. The fourth-order valence-corrected chi connectivity index (χ4v) is 2.62. The zero-order valence-corrected chi connectivity index (χ0v) is 14.0. The van der Waals surface area contributed by atoms with Crippen molar-refractivity contribution in [3.8, 4) is 0 Å². The first-order valence-corrected chi connectivity index (χ1v) is 8.61. The van der Waals surface area contributed by atoms with Crippen molar-refractivity contribution in [2.45, 2.75) is 51.6 Å². The second-order valence-corrected chi connectivity index (χ2v) is 6.06. The van der Waals surface area contributed by atoms with Gasteiger partial charge in [-0.2, -0.15) is 0 Å². The van der Waals surface area contributed by atoms with Gasteiger partial charge in [0, 0.05) is 6.61 Å². The van der Waals surface area contributed by atoms with Crippen LogP contribution in [-0.2, 0) is 14.0 Å². The fraction of sp³-hybridized carbons (Fsp3) is 0.647. The van der Waals surface area contributed by atoms with Gasteiger partial charge < -0.3 is 14.0 Å². The van der Waals surface area contributed by atoms with E-state index >= 15 is 0 Å². The third-order valence-corrected chi connectivity index (χ3v) is 4.00. The van der Waals surface area contributed by atoms with Crippen molar-refractivity contribution in [1.82, 2.24) is 0 Å². The molecule has 24 heavy (non-hydrogen) atoms. The summed E-state index contributed by atoms with van der Waals surface area (Å²) >= 11 is 0. The molecule has 0 aromatic heterocycles. The Bertz CT molecular complexity index is 485. The second kappa shape index (κ2) is 10.1. The number of benzene rings is 1. The summed E-state index contributed by atoms with van der Waals surface area (Å²) in [5.41, 5.74) is 0.126. The predicted molar refractivity (Wildman–Crippen MR) is 86.7 cm³/mol. The lowest BCUT2D eigenvalue weighted by Crippen LogP contribution is -2.47. The number of ether oxygens (including phenoxy) is 1. The van der Waals surface area contributed by atoms with Gasteiger partial charge in [0.25, 0.3) is 0 Å². The Morgan fingerprint density at radius 3 is 2.21 bits per heavy atom. The molecule has 0 saturated carbocycles. The van der Waals surface area contributed by atoms with E-state index in [-0.39, 0.29) is 24.8 Å². The first-order chi connectivity index (χ1) is 11.6. The Morgan fingerprint density at radius 2 is 1.58 bits per heavy atom. The molecule has 3 nitrogen and oxygen atoms in total. The van der Waals surface area contributed by atoms with Crippen molar-refractivity contribution in [1.29, 1.82) is 0 Å². The molecule has 0 atom stereocenters. The number of unbranched alkanes of at least 4 members (excludes halogenated alkanes) is 5. The van der Waals surface area contributed by atoms with E-state index in [2.05, 4.69) is 6.92 Å². The van der Waals surface area contributed by atoms with Gasteiger partial charge in [0.05, 0.1) is 13.2 Å². The van der Waals surface area contributed by atoms with Crippen LogP contribution < -0.4 is 5.46 Å². The quantitative estimate of drug-likeness (QED) is 0.389. The van der Waals surface area contributed by atoms with Gasteiger partial charge in [-0.3, -0.25) is 0 Å². The smallest absolute Gasteiger partial charge is 0.404 e. The minimum absolute atomic E-state index is 0.126. The van der Waals surface area contributed by atoms with E-state index in [9.17, 15) is 13.2 Å². The maximum Gasteiger partial charge on any atom is 0.494 e. The molecule has 0 amide bonds. The molecule has 7 heteroatoms. The molecule has 1 aliphatic heterocycles. The van der Waals surface area contributed by atoms with Gasteiger partial charge in [-0.05, 0) is 24.0 Å². The van der Waals surface area contributed by atoms with Crippen LogP contribution in [0.5, 0.6) is 0 Å². The van der Waals surface area contributed by atoms with E-state index in [0.717, 1.165) is 25.0 Å². The topological polar surface area (TPSA) is 27.7 Å². The fourth-order valence-electron chi connectivity index (χ4n) is 2.62. The number of rotatable bonds is 9. The molecule has 1 aliphatic rings. The molecule has 1 saturated heterocycles. The van der Waals surface area contributed by atoms with Crippen molar-refractivity contribution in [3.05, 3.63) is 29.6 Å². The standard InChI is InChI=1S/C17H24BF3O3/c1-2-3-4-5-6-7-8-22-14-11-23-18(24-12-14)13-9-15(19)17(21)16(20)10-13/h9-10,14H,2-8,11-12H2,1H3. The summed E-state index contributed by atoms with van der Waals surface area (Å²) in [6, 6.07) is 1.78. The van der Waals surface area contributed by atoms with Crippen LogP contribution >= 0.6 is 0 Å². The van der Waals surface area contributed by atoms with Gasteiger partial charge in [0.15, 0.2) is 17.5 Å². The predicted octanol–water partition coefficient (Wildman–Crippen LogP) is 3.59. The highest BCUT2D eigenvalue weighted by Crippen LogP contribution is 2.12. The minimum Gasteiger partial charge on any atom is -0.404 e. The van der Waals surface area contributed by atoms with Crippen molar-refractivity contribution in [2.24, 2.45) is 0 Å². The molecule has 1 heterocycles. The van der Waals surface area contributed by atoms with Crippen molar-refractivity contribution in [3.63, 3.8) is 0 Å². The third-order valence-electron chi connectivity index (χ3n) is 4.00. The van der Waals surface area contributed by atoms with Crippen LogP contribution in [0.1, 0.15) is 45.4 Å². The van der Waals surface area contributed by atoms with Crippen LogP contribution in [-0.4, -0.2) is 33.0 Å². The molecule has 134 valence electrons. The maximum atomic E-state index is 13.2. The molecule has 0 aliphatic carbocycles. The summed E-state index contributed by atoms with van der Waals surface area (Å²) < 4.78 is 56.0. The largest absolute Gasteiger partial charge is 0.494 e. The lowest BCUT2D eigenvalue weighted by Gasteiger charge is -2.27. The van der Waals surface area contributed by atoms with E-state index in [1.165, 1.54) is 25.7 Å². The van der Waals surface area contributed by atoms with E-state index in [1.54, 1.807) is 0 Å². The van der Waals surface area contributed by atoms with Crippen LogP contribution in [0.15, 0.2) is 12.1 Å². The monoisotopic (exact) mass is 344 g/mol. The maximum absolute atomic E-state index is 13.2. The summed E-state index contributed by atoms with van der Waals surface area (Å²) in [4.78, 5) is 0. The highest BCUT2D eigenvalue weighted by Gasteiger charge is 2.31. The van der Waals surface area contributed by atoms with Crippen molar-refractivity contribution < 1.29 is 27.2 Å². The Morgan fingerprint density at radius 1 is 1.00 bits per heavy atom. The highest BCUT2D eigenvalue weighted by atomic mass is 19.2. The van der Waals surface area contributed by atoms with E-state index < -0.39 is 24.6 Å². The zero-order chi connectivity index (χ0) is 17.4. The van der Waals surface area contributed by atoms with Gasteiger partial charge in [-0.1, -0.05) is 39.0 Å². The van der Waals surface area contributed by atoms with Gasteiger partial charge in [-0.15, -0.1) is 0 Å². The lowest BCUT2D eigenvalue weighted by atomic mass is 9.78. The molecule has 0 spiro atoms. The molecular weight excluding hydrogens is 320 g/mol. The molecule has 1 aromatic rings.